The zero-order valence-electron chi connectivity index (χ0n) is 14.5. The minimum Gasteiger partial charge on any atom is -0.465 e. The van der Waals surface area contributed by atoms with E-state index in [4.69, 9.17) is 4.74 Å². The van der Waals surface area contributed by atoms with Gasteiger partial charge < -0.3 is 15.4 Å². The predicted octanol–water partition coefficient (Wildman–Crippen LogP) is 2.36. The lowest BCUT2D eigenvalue weighted by molar-refractivity contribution is -0.117. The Morgan fingerprint density at radius 2 is 2.00 bits per heavy atom. The van der Waals surface area contributed by atoms with Gasteiger partial charge in [-0.15, -0.1) is 23.7 Å². The molecule has 0 spiro atoms. The van der Waals surface area contributed by atoms with Crippen LogP contribution in [-0.4, -0.2) is 56.1 Å². The number of carbonyl (C=O) groups excluding carboxylic acids is 2. The van der Waals surface area contributed by atoms with Gasteiger partial charge in [0.2, 0.25) is 5.91 Å². The zero-order chi connectivity index (χ0) is 16.9. The number of halogens is 1. The van der Waals surface area contributed by atoms with E-state index in [0.29, 0.717) is 23.2 Å². The van der Waals surface area contributed by atoms with Crippen LogP contribution in [0.5, 0.6) is 0 Å². The molecule has 2 aliphatic rings. The second-order valence-electron chi connectivity index (χ2n) is 6.61. The maximum atomic E-state index is 12.2. The fourth-order valence-electron chi connectivity index (χ4n) is 3.00. The highest BCUT2D eigenvalue weighted by Gasteiger charge is 2.25. The van der Waals surface area contributed by atoms with E-state index in [1.807, 2.05) is 0 Å². The molecule has 0 atom stereocenters. The quantitative estimate of drug-likeness (QED) is 0.703. The van der Waals surface area contributed by atoms with Crippen molar-refractivity contribution in [1.82, 2.24) is 10.2 Å². The van der Waals surface area contributed by atoms with E-state index in [2.05, 4.69) is 15.5 Å². The summed E-state index contributed by atoms with van der Waals surface area (Å²) in [6.45, 7) is 3.39. The van der Waals surface area contributed by atoms with E-state index in [0.717, 1.165) is 38.4 Å². The second-order valence-corrected chi connectivity index (χ2v) is 7.52. The van der Waals surface area contributed by atoms with Crippen LogP contribution in [0.3, 0.4) is 0 Å². The van der Waals surface area contributed by atoms with Crippen molar-refractivity contribution in [2.75, 3.05) is 38.6 Å². The molecular formula is C17H26ClN3O3S. The van der Waals surface area contributed by atoms with Gasteiger partial charge in [0.25, 0.3) is 0 Å². The number of nitrogens with one attached hydrogen (secondary N) is 2. The number of amides is 1. The zero-order valence-corrected chi connectivity index (χ0v) is 16.1. The first-order chi connectivity index (χ1) is 11.7. The summed E-state index contributed by atoms with van der Waals surface area (Å²) in [6, 6.07) is 2.33. The van der Waals surface area contributed by atoms with Crippen LogP contribution in [0.2, 0.25) is 0 Å². The molecule has 0 aromatic carbocycles. The van der Waals surface area contributed by atoms with Gasteiger partial charge in [-0.2, -0.15) is 0 Å². The van der Waals surface area contributed by atoms with Crippen LogP contribution in [0.1, 0.15) is 35.4 Å². The van der Waals surface area contributed by atoms with Gasteiger partial charge in [-0.25, -0.2) is 4.79 Å². The van der Waals surface area contributed by atoms with Gasteiger partial charge in [0.15, 0.2) is 0 Å². The average Bonchev–Trinajstić information content (AvgIpc) is 3.31. The molecule has 1 aromatic heterocycles. The first kappa shape index (κ1) is 20.2. The van der Waals surface area contributed by atoms with Gasteiger partial charge >= 0.3 is 5.97 Å². The molecule has 25 heavy (non-hydrogen) atoms. The van der Waals surface area contributed by atoms with E-state index in [1.54, 1.807) is 11.4 Å². The molecule has 1 aliphatic carbocycles. The molecule has 0 unspecified atom stereocenters. The number of ether oxygens (including phenoxy) is 1. The van der Waals surface area contributed by atoms with Crippen molar-refractivity contribution in [3.8, 4) is 0 Å². The third kappa shape index (κ3) is 5.95. The van der Waals surface area contributed by atoms with Crippen molar-refractivity contribution in [2.45, 2.75) is 31.7 Å². The molecule has 2 heterocycles. The minimum atomic E-state index is -0.414. The molecule has 3 rings (SSSR count). The van der Waals surface area contributed by atoms with Crippen molar-refractivity contribution < 1.29 is 14.3 Å². The fourth-order valence-corrected chi connectivity index (χ4v) is 3.77. The molecule has 1 saturated carbocycles. The summed E-state index contributed by atoms with van der Waals surface area (Å²) in [6.07, 6.45) is 4.93. The standard InChI is InChI=1S/C17H25N3O3S.ClH/c1-23-17(22)16-14(6-9-24-16)19-15(21)11-20-7-4-13(5-8-20)18-10-12-2-3-12;/h6,9,12-13,18H,2-5,7-8,10-11H2,1H3,(H,19,21);1H. The summed E-state index contributed by atoms with van der Waals surface area (Å²) in [7, 11) is 1.34. The summed E-state index contributed by atoms with van der Waals surface area (Å²) < 4.78 is 4.73. The number of anilines is 1. The molecule has 1 aliphatic heterocycles. The Morgan fingerprint density at radius 3 is 2.64 bits per heavy atom. The van der Waals surface area contributed by atoms with Crippen LogP contribution in [0.4, 0.5) is 5.69 Å². The third-order valence-corrected chi connectivity index (χ3v) is 5.55. The molecule has 8 heteroatoms. The average molecular weight is 388 g/mol. The third-order valence-electron chi connectivity index (χ3n) is 4.66. The maximum absolute atomic E-state index is 12.2. The molecule has 6 nitrogen and oxygen atoms in total. The molecule has 2 fully saturated rings. The van der Waals surface area contributed by atoms with E-state index in [9.17, 15) is 9.59 Å². The van der Waals surface area contributed by atoms with Gasteiger partial charge in [0.1, 0.15) is 4.88 Å². The molecule has 0 radical (unpaired) electrons. The SMILES string of the molecule is COC(=O)c1sccc1NC(=O)CN1CCC(NCC2CC2)CC1.Cl. The Hall–Kier alpha value is -1.15. The summed E-state index contributed by atoms with van der Waals surface area (Å²) in [5, 5.41) is 8.25. The van der Waals surface area contributed by atoms with Gasteiger partial charge in [-0.3, -0.25) is 9.69 Å². The van der Waals surface area contributed by atoms with Crippen molar-refractivity contribution in [1.29, 1.82) is 0 Å². The predicted molar refractivity (Wildman–Crippen MR) is 102 cm³/mol. The van der Waals surface area contributed by atoms with Gasteiger partial charge in [0.05, 0.1) is 19.3 Å². The van der Waals surface area contributed by atoms with E-state index in [-0.39, 0.29) is 18.3 Å². The Bertz CT molecular complexity index is 583. The first-order valence-electron chi connectivity index (χ1n) is 8.57. The number of thiophene rings is 1. The van der Waals surface area contributed by atoms with Crippen LogP contribution in [0.25, 0.3) is 0 Å². The van der Waals surface area contributed by atoms with Crippen LogP contribution < -0.4 is 10.6 Å². The number of esters is 1. The van der Waals surface area contributed by atoms with Crippen LogP contribution in [0.15, 0.2) is 11.4 Å². The lowest BCUT2D eigenvalue weighted by Gasteiger charge is -2.32. The molecule has 1 amide bonds. The van der Waals surface area contributed by atoms with E-state index in [1.165, 1.54) is 31.3 Å². The van der Waals surface area contributed by atoms with Crippen LogP contribution in [0, 0.1) is 5.92 Å². The smallest absolute Gasteiger partial charge is 0.350 e. The molecule has 2 N–H and O–H groups in total. The number of hydrogen-bond acceptors (Lipinski definition) is 6. The van der Waals surface area contributed by atoms with Gasteiger partial charge in [-0.05, 0) is 49.6 Å². The Kier molecular flexibility index (Phi) is 7.68. The Balaban J connectivity index is 0.00000225. The van der Waals surface area contributed by atoms with Crippen molar-refractivity contribution in [3.63, 3.8) is 0 Å². The summed E-state index contributed by atoms with van der Waals surface area (Å²) in [5.74, 6) is 0.411. The number of likely N-dealkylation sites (tertiary alicyclic amines) is 1. The first-order valence-corrected chi connectivity index (χ1v) is 9.45. The van der Waals surface area contributed by atoms with E-state index >= 15 is 0 Å². The molecule has 1 aromatic rings. The molecule has 1 saturated heterocycles. The number of piperidine rings is 1. The van der Waals surface area contributed by atoms with E-state index < -0.39 is 5.97 Å². The largest absolute Gasteiger partial charge is 0.465 e. The summed E-state index contributed by atoms with van der Waals surface area (Å²) in [4.78, 5) is 26.5. The van der Waals surface area contributed by atoms with Crippen LogP contribution in [-0.2, 0) is 9.53 Å². The second kappa shape index (κ2) is 9.52. The Morgan fingerprint density at radius 1 is 1.28 bits per heavy atom. The molecular weight excluding hydrogens is 362 g/mol. The molecule has 140 valence electrons. The fraction of sp³-hybridized carbons (Fsp3) is 0.647. The molecule has 0 bridgehead atoms. The highest BCUT2D eigenvalue weighted by molar-refractivity contribution is 7.12. The maximum Gasteiger partial charge on any atom is 0.350 e. The number of rotatable bonds is 7. The number of methoxy groups -OCH3 is 1. The summed E-state index contributed by atoms with van der Waals surface area (Å²) >= 11 is 1.27. The van der Waals surface area contributed by atoms with Crippen molar-refractivity contribution in [3.05, 3.63) is 16.3 Å². The monoisotopic (exact) mass is 387 g/mol. The lowest BCUT2D eigenvalue weighted by Crippen LogP contribution is -2.45. The minimum absolute atomic E-state index is 0. The highest BCUT2D eigenvalue weighted by atomic mass is 35.5. The highest BCUT2D eigenvalue weighted by Crippen LogP contribution is 2.28. The van der Waals surface area contributed by atoms with Crippen molar-refractivity contribution >= 4 is 41.3 Å². The van der Waals surface area contributed by atoms with Gasteiger partial charge in [-0.1, -0.05) is 0 Å². The topological polar surface area (TPSA) is 70.7 Å². The van der Waals surface area contributed by atoms with Crippen molar-refractivity contribution in [2.24, 2.45) is 5.92 Å². The lowest BCUT2D eigenvalue weighted by atomic mass is 10.0. The van der Waals surface area contributed by atoms with Crippen LogP contribution >= 0.6 is 23.7 Å². The number of hydrogen-bond donors (Lipinski definition) is 2. The number of nitrogens with zero attached hydrogens (tertiary/aromatic N) is 1. The summed E-state index contributed by atoms with van der Waals surface area (Å²) in [5.41, 5.74) is 0.540. The van der Waals surface area contributed by atoms with Gasteiger partial charge in [0, 0.05) is 19.1 Å². The number of carbonyl (C=O) groups is 2. The normalized spacial score (nSPS) is 18.4. The Labute approximate surface area is 158 Å².